The van der Waals surface area contributed by atoms with E-state index in [1.54, 1.807) is 0 Å². The van der Waals surface area contributed by atoms with Crippen LogP contribution < -0.4 is 0 Å². The predicted molar refractivity (Wildman–Crippen MR) is 234 cm³/mol. The molecule has 0 N–H and O–H groups in total. The molecule has 55 heavy (non-hydrogen) atoms. The van der Waals surface area contributed by atoms with E-state index in [1.807, 2.05) is 0 Å². The van der Waals surface area contributed by atoms with Crippen molar-refractivity contribution in [3.63, 3.8) is 0 Å². The van der Waals surface area contributed by atoms with Crippen LogP contribution in [0.15, 0.2) is 121 Å². The van der Waals surface area contributed by atoms with Gasteiger partial charge in [-0.15, -0.1) is 0 Å². The highest BCUT2D eigenvalue weighted by Gasteiger charge is 2.39. The first-order valence-corrected chi connectivity index (χ1v) is 20.1. The van der Waals surface area contributed by atoms with E-state index < -0.39 is 0 Å². The van der Waals surface area contributed by atoms with Crippen molar-refractivity contribution in [1.29, 1.82) is 0 Å². The molecule has 0 fully saturated rings. The van der Waals surface area contributed by atoms with Gasteiger partial charge in [0.1, 0.15) is 0 Å². The fraction of sp³-hybridized carbons (Fsp3) is 0.236. The van der Waals surface area contributed by atoms with E-state index in [0.29, 0.717) is 0 Å². The lowest BCUT2D eigenvalue weighted by Gasteiger charge is -2.25. The number of rotatable bonds is 3. The van der Waals surface area contributed by atoms with E-state index in [9.17, 15) is 0 Å². The minimum Gasteiger partial charge on any atom is -0.0619 e. The Morgan fingerprint density at radius 1 is 0.273 bits per heavy atom. The molecule has 0 saturated heterocycles. The molecule has 10 rings (SSSR count). The molecule has 0 aromatic heterocycles. The van der Waals surface area contributed by atoms with Crippen LogP contribution in [-0.4, -0.2) is 0 Å². The molecular formula is C55H50. The third-order valence-corrected chi connectivity index (χ3v) is 14.4. The highest BCUT2D eigenvalue weighted by molar-refractivity contribution is 5.91. The average molecular weight is 711 g/mol. The summed E-state index contributed by atoms with van der Waals surface area (Å²) < 4.78 is 0. The highest BCUT2D eigenvalue weighted by Crippen LogP contribution is 2.54. The van der Waals surface area contributed by atoms with Gasteiger partial charge in [0.15, 0.2) is 0 Å². The Kier molecular flexibility index (Phi) is 7.00. The molecule has 0 saturated carbocycles. The van der Waals surface area contributed by atoms with Gasteiger partial charge in [0, 0.05) is 16.2 Å². The normalized spacial score (nSPS) is 15.9. The van der Waals surface area contributed by atoms with Crippen LogP contribution in [0.3, 0.4) is 0 Å². The summed E-state index contributed by atoms with van der Waals surface area (Å²) in [6.07, 6.45) is 0. The molecule has 0 unspecified atom stereocenters. The third-order valence-electron chi connectivity index (χ3n) is 14.4. The van der Waals surface area contributed by atoms with Crippen LogP contribution in [0.4, 0.5) is 0 Å². The molecular weight excluding hydrogens is 661 g/mol. The Morgan fingerprint density at radius 2 is 0.527 bits per heavy atom. The number of benzene rings is 7. The van der Waals surface area contributed by atoms with Gasteiger partial charge < -0.3 is 0 Å². The maximum atomic E-state index is 2.51. The van der Waals surface area contributed by atoms with Crippen LogP contribution in [-0.2, 0) is 16.2 Å². The van der Waals surface area contributed by atoms with Crippen molar-refractivity contribution in [3.05, 3.63) is 177 Å². The first-order chi connectivity index (χ1) is 26.2. The number of fused-ring (bicyclic) bond motifs is 9. The van der Waals surface area contributed by atoms with Gasteiger partial charge in [0.2, 0.25) is 0 Å². The summed E-state index contributed by atoms with van der Waals surface area (Å²) in [7, 11) is 0. The lowest BCUT2D eigenvalue weighted by atomic mass is 9.78. The first kappa shape index (κ1) is 34.1. The maximum absolute atomic E-state index is 2.51. The summed E-state index contributed by atoms with van der Waals surface area (Å²) in [5.41, 5.74) is 30.1. The molecule has 0 bridgehead atoms. The number of hydrogen-bond donors (Lipinski definition) is 0. The summed E-state index contributed by atoms with van der Waals surface area (Å²) in [4.78, 5) is 0. The highest BCUT2D eigenvalue weighted by atomic mass is 14.4. The van der Waals surface area contributed by atoms with Crippen molar-refractivity contribution in [1.82, 2.24) is 0 Å². The lowest BCUT2D eigenvalue weighted by molar-refractivity contribution is 0.659. The molecule has 7 aromatic rings. The van der Waals surface area contributed by atoms with E-state index >= 15 is 0 Å². The first-order valence-electron chi connectivity index (χ1n) is 20.1. The Labute approximate surface area is 328 Å². The SMILES string of the molecule is Cc1c(C)c(-c2ccc3c(c2)C(C)(C)c2cc(-c4ccc5c(c4)C(C)(C)c4ccccc4-5)ccc2-3)c(C)c(C)c1-c1ccc2c(c1)C(C)(C)c1ccccc1-2. The van der Waals surface area contributed by atoms with E-state index in [4.69, 9.17) is 0 Å². The zero-order valence-electron chi connectivity index (χ0n) is 34.0. The van der Waals surface area contributed by atoms with Crippen LogP contribution >= 0.6 is 0 Å². The largest absolute Gasteiger partial charge is 0.0619 e. The van der Waals surface area contributed by atoms with Crippen molar-refractivity contribution >= 4 is 0 Å². The van der Waals surface area contributed by atoms with E-state index in [0.717, 1.165) is 0 Å². The smallest absolute Gasteiger partial charge is 0.0159 e. The molecule has 0 heterocycles. The molecule has 7 aromatic carbocycles. The van der Waals surface area contributed by atoms with Gasteiger partial charge in [-0.2, -0.15) is 0 Å². The summed E-state index contributed by atoms with van der Waals surface area (Å²) in [6, 6.07) is 46.7. The molecule has 0 atom stereocenters. The number of hydrogen-bond acceptors (Lipinski definition) is 0. The predicted octanol–water partition coefficient (Wildman–Crippen LogP) is 14.8. The third kappa shape index (κ3) is 4.52. The van der Waals surface area contributed by atoms with Gasteiger partial charge in [0.25, 0.3) is 0 Å². The zero-order valence-corrected chi connectivity index (χ0v) is 34.0. The molecule has 0 radical (unpaired) electrons. The molecule has 3 aliphatic carbocycles. The Hall–Kier alpha value is -5.46. The van der Waals surface area contributed by atoms with Gasteiger partial charge in [-0.1, -0.05) is 139 Å². The van der Waals surface area contributed by atoms with E-state index in [-0.39, 0.29) is 16.2 Å². The Morgan fingerprint density at radius 3 is 0.873 bits per heavy atom. The standard InChI is InChI=1S/C55H50/c1-31-33(3)52(34(4)32(2)51(31)37-21-25-42-40-16-12-14-18-46(40)54(7,8)49(42)29-37)38-22-26-44-43-24-20-36(28-48(43)55(9,10)50(44)30-38)35-19-23-41-39-15-11-13-17-45(39)53(5,6)47(41)27-35/h11-30H,1-10H3. The zero-order chi connectivity index (χ0) is 38.3. The second-order valence-electron chi connectivity index (χ2n) is 18.3. The van der Waals surface area contributed by atoms with Crippen LogP contribution in [0.2, 0.25) is 0 Å². The van der Waals surface area contributed by atoms with Gasteiger partial charge in [-0.05, 0) is 174 Å². The van der Waals surface area contributed by atoms with Gasteiger partial charge >= 0.3 is 0 Å². The summed E-state index contributed by atoms with van der Waals surface area (Å²) in [5, 5.41) is 0. The van der Waals surface area contributed by atoms with Crippen LogP contribution in [0.1, 0.15) is 97.2 Å². The summed E-state index contributed by atoms with van der Waals surface area (Å²) in [6.45, 7) is 23.7. The topological polar surface area (TPSA) is 0 Å². The van der Waals surface area contributed by atoms with Crippen molar-refractivity contribution in [2.75, 3.05) is 0 Å². The van der Waals surface area contributed by atoms with E-state index in [1.165, 1.54) is 122 Å². The minimum absolute atomic E-state index is 0.0135. The van der Waals surface area contributed by atoms with Crippen molar-refractivity contribution in [3.8, 4) is 66.8 Å². The van der Waals surface area contributed by atoms with Gasteiger partial charge in [-0.25, -0.2) is 0 Å². The van der Waals surface area contributed by atoms with E-state index in [2.05, 4.69) is 191 Å². The van der Waals surface area contributed by atoms with Crippen molar-refractivity contribution < 1.29 is 0 Å². The summed E-state index contributed by atoms with van der Waals surface area (Å²) in [5.74, 6) is 0. The fourth-order valence-electron chi connectivity index (χ4n) is 11.0. The second kappa shape index (κ2) is 11.3. The van der Waals surface area contributed by atoms with Gasteiger partial charge in [-0.3, -0.25) is 0 Å². The van der Waals surface area contributed by atoms with Crippen LogP contribution in [0.25, 0.3) is 66.8 Å². The molecule has 3 aliphatic rings. The lowest BCUT2D eigenvalue weighted by Crippen LogP contribution is -2.15. The second-order valence-corrected chi connectivity index (χ2v) is 18.3. The summed E-state index contributed by atoms with van der Waals surface area (Å²) >= 11 is 0. The molecule has 0 nitrogen and oxygen atoms in total. The Bertz CT molecular complexity index is 2790. The van der Waals surface area contributed by atoms with Crippen molar-refractivity contribution in [2.24, 2.45) is 0 Å². The fourth-order valence-corrected chi connectivity index (χ4v) is 11.0. The minimum atomic E-state index is -0.121. The maximum Gasteiger partial charge on any atom is 0.0159 e. The monoisotopic (exact) mass is 710 g/mol. The molecule has 0 aliphatic heterocycles. The van der Waals surface area contributed by atoms with Crippen molar-refractivity contribution in [2.45, 2.75) is 85.5 Å². The quantitative estimate of drug-likeness (QED) is 0.171. The Balaban J connectivity index is 1.02. The average Bonchev–Trinajstić information content (AvgIpc) is 3.66. The molecule has 0 amide bonds. The van der Waals surface area contributed by atoms with Gasteiger partial charge in [0.05, 0.1) is 0 Å². The van der Waals surface area contributed by atoms with Crippen LogP contribution in [0, 0.1) is 27.7 Å². The van der Waals surface area contributed by atoms with Crippen LogP contribution in [0.5, 0.6) is 0 Å². The molecule has 0 spiro atoms. The molecule has 0 heteroatoms. The molecule has 270 valence electrons.